The Labute approximate surface area is 168 Å². The van der Waals surface area contributed by atoms with E-state index in [-0.39, 0.29) is 11.7 Å². The van der Waals surface area contributed by atoms with Crippen LogP contribution in [0.25, 0.3) is 0 Å². The number of carbonyl (C=O) groups is 3. The summed E-state index contributed by atoms with van der Waals surface area (Å²) in [5.41, 5.74) is 0.372. The zero-order chi connectivity index (χ0) is 21.6. The smallest absolute Gasteiger partial charge is 0.329 e. The highest BCUT2D eigenvalue weighted by Crippen LogP contribution is 2.13. The van der Waals surface area contributed by atoms with Crippen LogP contribution in [0.15, 0.2) is 34.9 Å². The molecule has 29 heavy (non-hydrogen) atoms. The van der Waals surface area contributed by atoms with Crippen LogP contribution in [0, 0.1) is 12.8 Å². The van der Waals surface area contributed by atoms with Crippen LogP contribution in [0.1, 0.15) is 36.9 Å². The number of aromatic nitrogens is 1. The second kappa shape index (κ2) is 9.72. The molecule has 0 spiro atoms. The molecule has 0 saturated carbocycles. The lowest BCUT2D eigenvalue weighted by molar-refractivity contribution is -0.156. The lowest BCUT2D eigenvalue weighted by atomic mass is 10.0. The Kier molecular flexibility index (Phi) is 7.35. The average Bonchev–Trinajstić information content (AvgIpc) is 3.10. The van der Waals surface area contributed by atoms with Gasteiger partial charge in [-0.3, -0.25) is 9.59 Å². The van der Waals surface area contributed by atoms with E-state index >= 15 is 0 Å². The summed E-state index contributed by atoms with van der Waals surface area (Å²) >= 11 is 0. The zero-order valence-electron chi connectivity index (χ0n) is 17.0. The number of carbonyl (C=O) groups excluding carboxylic acids is 3. The zero-order valence-corrected chi connectivity index (χ0v) is 17.0. The third-order valence-electron chi connectivity index (χ3n) is 4.10. The summed E-state index contributed by atoms with van der Waals surface area (Å²) in [6, 6.07) is 7.10. The molecule has 0 radical (unpaired) electrons. The minimum Gasteiger partial charge on any atom is -0.497 e. The van der Waals surface area contributed by atoms with Crippen molar-refractivity contribution in [1.29, 1.82) is 0 Å². The van der Waals surface area contributed by atoms with E-state index in [0.29, 0.717) is 17.1 Å². The first kappa shape index (κ1) is 21.9. The van der Waals surface area contributed by atoms with Crippen LogP contribution in [0.5, 0.6) is 5.75 Å². The van der Waals surface area contributed by atoms with E-state index < -0.39 is 29.9 Å². The van der Waals surface area contributed by atoms with E-state index in [4.69, 9.17) is 14.0 Å². The van der Waals surface area contributed by atoms with E-state index in [0.717, 1.165) is 0 Å². The molecule has 2 amide bonds. The van der Waals surface area contributed by atoms with Crippen LogP contribution in [-0.4, -0.2) is 42.2 Å². The molecular weight excluding hydrogens is 378 g/mol. The Morgan fingerprint density at radius 1 is 1.10 bits per heavy atom. The number of amides is 2. The molecule has 0 aliphatic heterocycles. The van der Waals surface area contributed by atoms with Crippen LogP contribution in [0.3, 0.4) is 0 Å². The number of aryl methyl sites for hydroxylation is 1. The number of ether oxygens (including phenoxy) is 2. The van der Waals surface area contributed by atoms with Crippen molar-refractivity contribution in [3.63, 3.8) is 0 Å². The summed E-state index contributed by atoms with van der Waals surface area (Å²) < 4.78 is 15.2. The van der Waals surface area contributed by atoms with Gasteiger partial charge in [0, 0.05) is 11.6 Å². The minimum absolute atomic E-state index is 0.226. The number of methoxy groups -OCH3 is 1. The van der Waals surface area contributed by atoms with E-state index in [2.05, 4.69) is 15.8 Å². The molecule has 2 rings (SSSR count). The fraction of sp³-hybridized carbons (Fsp3) is 0.400. The number of hydrogen-bond donors (Lipinski definition) is 2. The molecule has 1 aromatic heterocycles. The third-order valence-corrected chi connectivity index (χ3v) is 4.10. The summed E-state index contributed by atoms with van der Waals surface area (Å²) in [6.45, 7) is 6.65. The second-order valence-corrected chi connectivity index (χ2v) is 6.81. The Morgan fingerprint density at radius 2 is 1.76 bits per heavy atom. The number of rotatable bonds is 8. The molecule has 9 nitrogen and oxygen atoms in total. The van der Waals surface area contributed by atoms with Crippen LogP contribution >= 0.6 is 0 Å². The fourth-order valence-electron chi connectivity index (χ4n) is 2.42. The average molecular weight is 403 g/mol. The van der Waals surface area contributed by atoms with Crippen molar-refractivity contribution in [2.75, 3.05) is 12.4 Å². The summed E-state index contributed by atoms with van der Waals surface area (Å²) in [5, 5.41) is 8.80. The maximum atomic E-state index is 12.6. The molecule has 0 saturated heterocycles. The lowest BCUT2D eigenvalue weighted by Gasteiger charge is -2.22. The van der Waals surface area contributed by atoms with Crippen molar-refractivity contribution in [2.45, 2.75) is 39.8 Å². The normalized spacial score (nSPS) is 12.8. The quantitative estimate of drug-likeness (QED) is 0.649. The SMILES string of the molecule is COc1ccc(C(=O)N[C@H](C(=O)O[C@@H](C)C(=O)Nc2cc(C)on2)C(C)C)cc1. The maximum absolute atomic E-state index is 12.6. The van der Waals surface area contributed by atoms with Crippen molar-refractivity contribution in [3.8, 4) is 5.75 Å². The van der Waals surface area contributed by atoms with Gasteiger partial charge in [0.15, 0.2) is 11.9 Å². The predicted octanol–water partition coefficient (Wildman–Crippen LogP) is 2.32. The van der Waals surface area contributed by atoms with Gasteiger partial charge in [-0.05, 0) is 44.0 Å². The Hall–Kier alpha value is -3.36. The third kappa shape index (κ3) is 6.06. The van der Waals surface area contributed by atoms with E-state index in [1.165, 1.54) is 14.0 Å². The van der Waals surface area contributed by atoms with Crippen molar-refractivity contribution < 1.29 is 28.4 Å². The van der Waals surface area contributed by atoms with Crippen LogP contribution < -0.4 is 15.4 Å². The Balaban J connectivity index is 1.98. The van der Waals surface area contributed by atoms with Crippen molar-refractivity contribution in [2.24, 2.45) is 5.92 Å². The molecule has 2 N–H and O–H groups in total. The van der Waals surface area contributed by atoms with Gasteiger partial charge in [0.2, 0.25) is 0 Å². The minimum atomic E-state index is -1.08. The molecule has 2 aromatic rings. The summed E-state index contributed by atoms with van der Waals surface area (Å²) in [4.78, 5) is 37.2. The van der Waals surface area contributed by atoms with Crippen molar-refractivity contribution >= 4 is 23.6 Å². The van der Waals surface area contributed by atoms with Crippen LogP contribution in [0.4, 0.5) is 5.82 Å². The van der Waals surface area contributed by atoms with Gasteiger partial charge in [0.05, 0.1) is 7.11 Å². The van der Waals surface area contributed by atoms with Crippen LogP contribution in [-0.2, 0) is 14.3 Å². The molecule has 0 aliphatic carbocycles. The molecule has 0 aliphatic rings. The molecule has 9 heteroatoms. The van der Waals surface area contributed by atoms with Gasteiger partial charge in [-0.1, -0.05) is 19.0 Å². The molecule has 1 heterocycles. The van der Waals surface area contributed by atoms with Gasteiger partial charge in [-0.2, -0.15) is 0 Å². The number of anilines is 1. The van der Waals surface area contributed by atoms with Gasteiger partial charge in [-0.25, -0.2) is 4.79 Å². The van der Waals surface area contributed by atoms with E-state index in [1.807, 2.05) is 0 Å². The monoisotopic (exact) mass is 403 g/mol. The highest BCUT2D eigenvalue weighted by atomic mass is 16.5. The first-order chi connectivity index (χ1) is 13.7. The standard InChI is InChI=1S/C20H25N3O6/c1-11(2)17(22-19(25)14-6-8-15(27-5)9-7-14)20(26)28-13(4)18(24)21-16-10-12(3)29-23-16/h6-11,13,17H,1-5H3,(H,22,25)(H,21,23,24)/t13-,17-/m0/s1. The number of benzene rings is 1. The van der Waals surface area contributed by atoms with Crippen LogP contribution in [0.2, 0.25) is 0 Å². The van der Waals surface area contributed by atoms with Gasteiger partial charge in [0.1, 0.15) is 17.6 Å². The number of esters is 1. The molecule has 1 aromatic carbocycles. The number of nitrogens with zero attached hydrogens (tertiary/aromatic N) is 1. The first-order valence-electron chi connectivity index (χ1n) is 9.11. The molecule has 2 atom stereocenters. The summed E-state index contributed by atoms with van der Waals surface area (Å²) in [5.74, 6) is -0.577. The van der Waals surface area contributed by atoms with Gasteiger partial charge < -0.3 is 24.6 Å². The first-order valence-corrected chi connectivity index (χ1v) is 9.11. The molecule has 0 unspecified atom stereocenters. The topological polar surface area (TPSA) is 120 Å². The fourth-order valence-corrected chi connectivity index (χ4v) is 2.42. The Bertz CT molecular complexity index is 859. The summed E-state index contributed by atoms with van der Waals surface area (Å²) in [7, 11) is 1.53. The molecular formula is C20H25N3O6. The van der Waals surface area contributed by atoms with E-state index in [9.17, 15) is 14.4 Å². The van der Waals surface area contributed by atoms with Gasteiger partial charge in [0.25, 0.3) is 11.8 Å². The molecule has 156 valence electrons. The highest BCUT2D eigenvalue weighted by molar-refractivity contribution is 5.98. The van der Waals surface area contributed by atoms with Gasteiger partial charge >= 0.3 is 5.97 Å². The molecule has 0 bridgehead atoms. The Morgan fingerprint density at radius 3 is 2.28 bits per heavy atom. The van der Waals surface area contributed by atoms with Crippen molar-refractivity contribution in [3.05, 3.63) is 41.7 Å². The maximum Gasteiger partial charge on any atom is 0.329 e. The number of hydrogen-bond acceptors (Lipinski definition) is 7. The molecule has 0 fully saturated rings. The van der Waals surface area contributed by atoms with Crippen molar-refractivity contribution in [1.82, 2.24) is 10.5 Å². The predicted molar refractivity (Wildman–Crippen MR) is 105 cm³/mol. The summed E-state index contributed by atoms with van der Waals surface area (Å²) in [6.07, 6.45) is -1.08. The van der Waals surface area contributed by atoms with E-state index in [1.54, 1.807) is 51.1 Å². The second-order valence-electron chi connectivity index (χ2n) is 6.81. The van der Waals surface area contributed by atoms with Gasteiger partial charge in [-0.15, -0.1) is 0 Å². The largest absolute Gasteiger partial charge is 0.497 e. The lowest BCUT2D eigenvalue weighted by Crippen LogP contribution is -2.47. The number of nitrogens with one attached hydrogen (secondary N) is 2. The highest BCUT2D eigenvalue weighted by Gasteiger charge is 2.29.